The Morgan fingerprint density at radius 1 is 1.26 bits per heavy atom. The van der Waals surface area contributed by atoms with Gasteiger partial charge in [0.1, 0.15) is 0 Å². The Hall–Kier alpha value is -0.960. The van der Waals surface area contributed by atoms with Gasteiger partial charge in [-0.1, -0.05) is 39.7 Å². The van der Waals surface area contributed by atoms with Crippen LogP contribution >= 0.6 is 0 Å². The Labute approximate surface area is 113 Å². The molecule has 1 nitrogen and oxygen atoms in total. The summed E-state index contributed by atoms with van der Waals surface area (Å²) in [7, 11) is 0. The van der Waals surface area contributed by atoms with Gasteiger partial charge in [0.15, 0.2) is 11.6 Å². The Kier molecular flexibility index (Phi) is 3.95. The van der Waals surface area contributed by atoms with Crippen molar-refractivity contribution >= 4 is 0 Å². The van der Waals surface area contributed by atoms with Crippen LogP contribution in [0, 0.1) is 28.9 Å². The molecule has 19 heavy (non-hydrogen) atoms. The molecule has 1 fully saturated rings. The van der Waals surface area contributed by atoms with Crippen molar-refractivity contribution in [3.63, 3.8) is 0 Å². The van der Waals surface area contributed by atoms with Crippen molar-refractivity contribution in [1.82, 2.24) is 0 Å². The lowest BCUT2D eigenvalue weighted by molar-refractivity contribution is -0.0294. The molecule has 1 aromatic carbocycles. The van der Waals surface area contributed by atoms with Gasteiger partial charge in [-0.15, -0.1) is 0 Å². The van der Waals surface area contributed by atoms with E-state index in [9.17, 15) is 13.9 Å². The van der Waals surface area contributed by atoms with E-state index in [2.05, 4.69) is 20.8 Å². The molecule has 2 rings (SSSR count). The molecule has 1 aromatic rings. The molecule has 1 N–H and O–H groups in total. The number of hydrogen-bond acceptors (Lipinski definition) is 1. The molecule has 0 spiro atoms. The highest BCUT2D eigenvalue weighted by atomic mass is 19.2. The van der Waals surface area contributed by atoms with Crippen molar-refractivity contribution in [2.24, 2.45) is 17.3 Å². The van der Waals surface area contributed by atoms with Crippen LogP contribution in [0.5, 0.6) is 0 Å². The SMILES string of the molecule is CC1CCCC(C)(C)[C@H]1[C@@H](O)c1ccc(F)c(F)c1. The largest absolute Gasteiger partial charge is 0.388 e. The Balaban J connectivity index is 2.30. The zero-order chi connectivity index (χ0) is 14.2. The van der Waals surface area contributed by atoms with Gasteiger partial charge in [-0.2, -0.15) is 0 Å². The summed E-state index contributed by atoms with van der Waals surface area (Å²) in [6.07, 6.45) is 2.56. The molecule has 0 amide bonds. The van der Waals surface area contributed by atoms with E-state index in [-0.39, 0.29) is 11.3 Å². The molecule has 1 aliphatic rings. The molecule has 0 aromatic heterocycles. The fourth-order valence-corrected chi connectivity index (χ4v) is 3.64. The molecule has 1 aliphatic carbocycles. The minimum absolute atomic E-state index is 0.0158. The van der Waals surface area contributed by atoms with Gasteiger partial charge in [0, 0.05) is 0 Å². The van der Waals surface area contributed by atoms with Crippen LogP contribution in [0.2, 0.25) is 0 Å². The van der Waals surface area contributed by atoms with E-state index in [1.54, 1.807) is 0 Å². The highest BCUT2D eigenvalue weighted by Crippen LogP contribution is 2.49. The lowest BCUT2D eigenvalue weighted by atomic mass is 9.61. The third-order valence-corrected chi connectivity index (χ3v) is 4.62. The van der Waals surface area contributed by atoms with E-state index in [1.807, 2.05) is 0 Å². The molecule has 0 bridgehead atoms. The van der Waals surface area contributed by atoms with Crippen LogP contribution in [0.15, 0.2) is 18.2 Å². The number of aliphatic hydroxyl groups excluding tert-OH is 1. The number of aliphatic hydroxyl groups is 1. The second-order valence-corrected chi connectivity index (χ2v) is 6.50. The zero-order valence-corrected chi connectivity index (χ0v) is 11.8. The Morgan fingerprint density at radius 2 is 1.95 bits per heavy atom. The van der Waals surface area contributed by atoms with Crippen molar-refractivity contribution in [2.45, 2.75) is 46.1 Å². The van der Waals surface area contributed by atoms with Crippen molar-refractivity contribution in [2.75, 3.05) is 0 Å². The van der Waals surface area contributed by atoms with E-state index < -0.39 is 17.7 Å². The summed E-state index contributed by atoms with van der Waals surface area (Å²) in [4.78, 5) is 0. The van der Waals surface area contributed by atoms with Crippen LogP contribution in [-0.2, 0) is 0 Å². The van der Waals surface area contributed by atoms with Gasteiger partial charge in [0.2, 0.25) is 0 Å². The second-order valence-electron chi connectivity index (χ2n) is 6.50. The molecule has 0 saturated heterocycles. The summed E-state index contributed by atoms with van der Waals surface area (Å²) in [6, 6.07) is 3.70. The molecule has 3 heteroatoms. The second kappa shape index (κ2) is 5.20. The summed E-state index contributed by atoms with van der Waals surface area (Å²) in [5, 5.41) is 10.6. The van der Waals surface area contributed by atoms with E-state index in [0.29, 0.717) is 11.5 Å². The monoisotopic (exact) mass is 268 g/mol. The first-order valence-electron chi connectivity index (χ1n) is 6.96. The average Bonchev–Trinajstić information content (AvgIpc) is 2.31. The van der Waals surface area contributed by atoms with Crippen LogP contribution in [0.1, 0.15) is 51.7 Å². The highest BCUT2D eigenvalue weighted by molar-refractivity contribution is 5.21. The Bertz CT molecular complexity index is 456. The number of halogens is 2. The maximum absolute atomic E-state index is 13.3. The summed E-state index contributed by atoms with van der Waals surface area (Å²) < 4.78 is 26.3. The number of rotatable bonds is 2. The maximum Gasteiger partial charge on any atom is 0.159 e. The predicted molar refractivity (Wildman–Crippen MR) is 71.6 cm³/mol. The van der Waals surface area contributed by atoms with Gasteiger partial charge in [-0.05, 0) is 41.4 Å². The van der Waals surface area contributed by atoms with Crippen molar-refractivity contribution in [3.05, 3.63) is 35.4 Å². The molecule has 0 heterocycles. The minimum Gasteiger partial charge on any atom is -0.388 e. The first kappa shape index (κ1) is 14.4. The van der Waals surface area contributed by atoms with Crippen LogP contribution in [0.4, 0.5) is 8.78 Å². The Morgan fingerprint density at radius 3 is 2.53 bits per heavy atom. The molecular formula is C16H22F2O. The molecule has 106 valence electrons. The van der Waals surface area contributed by atoms with Crippen LogP contribution in [0.3, 0.4) is 0 Å². The van der Waals surface area contributed by atoms with Crippen LogP contribution < -0.4 is 0 Å². The summed E-state index contributed by atoms with van der Waals surface area (Å²) in [5.74, 6) is -1.30. The maximum atomic E-state index is 13.3. The normalized spacial score (nSPS) is 28.1. The fraction of sp³-hybridized carbons (Fsp3) is 0.625. The quantitative estimate of drug-likeness (QED) is 0.839. The molecular weight excluding hydrogens is 246 g/mol. The van der Waals surface area contributed by atoms with Gasteiger partial charge in [0.05, 0.1) is 6.10 Å². The van der Waals surface area contributed by atoms with Gasteiger partial charge in [-0.25, -0.2) is 8.78 Å². The van der Waals surface area contributed by atoms with Crippen molar-refractivity contribution < 1.29 is 13.9 Å². The molecule has 1 unspecified atom stereocenters. The fourth-order valence-electron chi connectivity index (χ4n) is 3.64. The first-order valence-corrected chi connectivity index (χ1v) is 6.96. The lowest BCUT2D eigenvalue weighted by Gasteiger charge is -2.45. The number of benzene rings is 1. The molecule has 1 saturated carbocycles. The summed E-state index contributed by atoms with van der Waals surface area (Å²) in [6.45, 7) is 6.43. The summed E-state index contributed by atoms with van der Waals surface area (Å²) >= 11 is 0. The van der Waals surface area contributed by atoms with Gasteiger partial charge >= 0.3 is 0 Å². The standard InChI is InChI=1S/C16H22F2O/c1-10-5-4-8-16(2,3)14(10)15(19)11-6-7-12(17)13(18)9-11/h6-7,9-10,14-15,19H,4-5,8H2,1-3H3/t10?,14-,15+/m1/s1. The van der Waals surface area contributed by atoms with Gasteiger partial charge in [-0.3, -0.25) is 0 Å². The smallest absolute Gasteiger partial charge is 0.159 e. The predicted octanol–water partition coefficient (Wildman–Crippen LogP) is 4.46. The topological polar surface area (TPSA) is 20.2 Å². The summed E-state index contributed by atoms with van der Waals surface area (Å²) in [5.41, 5.74) is 0.493. The third-order valence-electron chi connectivity index (χ3n) is 4.62. The average molecular weight is 268 g/mol. The van der Waals surface area contributed by atoms with Crippen molar-refractivity contribution in [3.8, 4) is 0 Å². The number of hydrogen-bond donors (Lipinski definition) is 1. The van der Waals surface area contributed by atoms with E-state index in [0.717, 1.165) is 31.4 Å². The minimum atomic E-state index is -0.891. The first-order chi connectivity index (χ1) is 8.83. The van der Waals surface area contributed by atoms with Crippen molar-refractivity contribution in [1.29, 1.82) is 0 Å². The zero-order valence-electron chi connectivity index (χ0n) is 11.8. The van der Waals surface area contributed by atoms with E-state index in [4.69, 9.17) is 0 Å². The molecule has 0 aliphatic heterocycles. The lowest BCUT2D eigenvalue weighted by Crippen LogP contribution is -2.38. The van der Waals surface area contributed by atoms with Gasteiger partial charge in [0.25, 0.3) is 0 Å². The van der Waals surface area contributed by atoms with Gasteiger partial charge < -0.3 is 5.11 Å². The highest BCUT2D eigenvalue weighted by Gasteiger charge is 2.41. The van der Waals surface area contributed by atoms with E-state index >= 15 is 0 Å². The van der Waals surface area contributed by atoms with E-state index in [1.165, 1.54) is 6.07 Å². The van der Waals surface area contributed by atoms with Crippen LogP contribution in [-0.4, -0.2) is 5.11 Å². The molecule has 0 radical (unpaired) electrons. The molecule has 3 atom stereocenters. The van der Waals surface area contributed by atoms with Crippen LogP contribution in [0.25, 0.3) is 0 Å². The third kappa shape index (κ3) is 2.81.